The molecular formula is C22H23ClN4O3S. The van der Waals surface area contributed by atoms with E-state index in [4.69, 9.17) is 23.8 Å². The van der Waals surface area contributed by atoms with Crippen molar-refractivity contribution in [2.45, 2.75) is 25.8 Å². The van der Waals surface area contributed by atoms with Gasteiger partial charge in [-0.25, -0.2) is 5.01 Å². The van der Waals surface area contributed by atoms with Gasteiger partial charge in [-0.15, -0.1) is 0 Å². The lowest BCUT2D eigenvalue weighted by atomic mass is 10.1. The van der Waals surface area contributed by atoms with Crippen LogP contribution >= 0.6 is 23.8 Å². The average molecular weight is 459 g/mol. The maximum absolute atomic E-state index is 12.8. The highest BCUT2D eigenvalue weighted by Gasteiger charge is 2.43. The summed E-state index contributed by atoms with van der Waals surface area (Å²) in [6, 6.07) is 15.2. The molecule has 2 aromatic rings. The van der Waals surface area contributed by atoms with Gasteiger partial charge in [-0.05, 0) is 55.4 Å². The number of carbonyl (C=O) groups excluding carboxylic acids is 3. The summed E-state index contributed by atoms with van der Waals surface area (Å²) in [6.07, 6.45) is 0.562. The molecule has 1 fully saturated rings. The second-order valence-corrected chi connectivity index (χ2v) is 7.79. The normalized spacial score (nSPS) is 15.9. The van der Waals surface area contributed by atoms with Crippen molar-refractivity contribution in [3.63, 3.8) is 0 Å². The van der Waals surface area contributed by atoms with Gasteiger partial charge in [0, 0.05) is 23.7 Å². The molecule has 1 atom stereocenters. The van der Waals surface area contributed by atoms with Crippen molar-refractivity contribution < 1.29 is 14.4 Å². The van der Waals surface area contributed by atoms with Gasteiger partial charge in [0.05, 0.1) is 6.42 Å². The summed E-state index contributed by atoms with van der Waals surface area (Å²) in [4.78, 5) is 39.3. The van der Waals surface area contributed by atoms with Crippen LogP contribution in [0.1, 0.15) is 29.3 Å². The molecule has 1 unspecified atom stereocenters. The summed E-state index contributed by atoms with van der Waals surface area (Å²) in [5, 5.41) is 4.80. The lowest BCUT2D eigenvalue weighted by Crippen LogP contribution is -2.50. The molecule has 0 aromatic heterocycles. The molecule has 2 N–H and O–H groups in total. The predicted octanol–water partition coefficient (Wildman–Crippen LogP) is 2.55. The molecular weight excluding hydrogens is 436 g/mol. The van der Waals surface area contributed by atoms with Gasteiger partial charge in [-0.3, -0.25) is 24.7 Å². The molecule has 1 heterocycles. The van der Waals surface area contributed by atoms with Gasteiger partial charge in [-0.1, -0.05) is 41.9 Å². The van der Waals surface area contributed by atoms with Crippen LogP contribution in [-0.2, 0) is 16.0 Å². The molecule has 7 nitrogen and oxygen atoms in total. The Morgan fingerprint density at radius 2 is 1.77 bits per heavy atom. The van der Waals surface area contributed by atoms with E-state index in [-0.39, 0.29) is 23.3 Å². The summed E-state index contributed by atoms with van der Waals surface area (Å²) in [7, 11) is 0. The summed E-state index contributed by atoms with van der Waals surface area (Å²) >= 11 is 11.2. The molecule has 162 valence electrons. The van der Waals surface area contributed by atoms with Crippen LogP contribution in [0.3, 0.4) is 0 Å². The van der Waals surface area contributed by atoms with Gasteiger partial charge < -0.3 is 5.32 Å². The second-order valence-electron chi connectivity index (χ2n) is 6.99. The third-order valence-corrected chi connectivity index (χ3v) is 5.57. The van der Waals surface area contributed by atoms with E-state index in [1.807, 2.05) is 30.3 Å². The Morgan fingerprint density at radius 3 is 2.42 bits per heavy atom. The van der Waals surface area contributed by atoms with Crippen molar-refractivity contribution in [3.8, 4) is 0 Å². The Labute approximate surface area is 191 Å². The first-order valence-corrected chi connectivity index (χ1v) is 10.7. The molecule has 1 aliphatic heterocycles. The highest BCUT2D eigenvalue weighted by atomic mass is 35.5. The number of likely N-dealkylation sites (N-methyl/N-ethyl adjacent to an activating group) is 1. The molecule has 31 heavy (non-hydrogen) atoms. The molecule has 9 heteroatoms. The van der Waals surface area contributed by atoms with Crippen molar-refractivity contribution in [1.82, 2.24) is 20.7 Å². The minimum Gasteiger partial charge on any atom is -0.356 e. The Morgan fingerprint density at radius 1 is 1.10 bits per heavy atom. The van der Waals surface area contributed by atoms with Crippen LogP contribution in [0, 0.1) is 0 Å². The van der Waals surface area contributed by atoms with E-state index in [0.29, 0.717) is 30.1 Å². The SMILES string of the molecule is CCN1C(=O)C(CC(=O)NCCc2ccccc2)N(NC(=O)c2ccc(Cl)cc2)C1=S. The van der Waals surface area contributed by atoms with Gasteiger partial charge in [0.25, 0.3) is 11.8 Å². The highest BCUT2D eigenvalue weighted by Crippen LogP contribution is 2.19. The van der Waals surface area contributed by atoms with E-state index < -0.39 is 11.9 Å². The Kier molecular flexibility index (Phi) is 7.59. The summed E-state index contributed by atoms with van der Waals surface area (Å²) in [5.41, 5.74) is 4.13. The van der Waals surface area contributed by atoms with Crippen LogP contribution in [0.25, 0.3) is 0 Å². The maximum Gasteiger partial charge on any atom is 0.269 e. The van der Waals surface area contributed by atoms with Crippen LogP contribution in [0.15, 0.2) is 54.6 Å². The number of benzene rings is 2. The quantitative estimate of drug-likeness (QED) is 0.594. The first-order valence-electron chi connectivity index (χ1n) is 9.92. The van der Waals surface area contributed by atoms with E-state index >= 15 is 0 Å². The van der Waals surface area contributed by atoms with Gasteiger partial charge >= 0.3 is 0 Å². The lowest BCUT2D eigenvalue weighted by molar-refractivity contribution is -0.132. The van der Waals surface area contributed by atoms with Crippen LogP contribution in [-0.4, -0.2) is 51.9 Å². The lowest BCUT2D eigenvalue weighted by Gasteiger charge is -2.24. The zero-order valence-electron chi connectivity index (χ0n) is 17.0. The van der Waals surface area contributed by atoms with E-state index in [9.17, 15) is 14.4 Å². The van der Waals surface area contributed by atoms with Gasteiger partial charge in [0.2, 0.25) is 5.91 Å². The number of hydrazine groups is 1. The van der Waals surface area contributed by atoms with E-state index in [2.05, 4.69) is 10.7 Å². The number of hydrogen-bond donors (Lipinski definition) is 2. The molecule has 0 saturated carbocycles. The van der Waals surface area contributed by atoms with Crippen LogP contribution < -0.4 is 10.7 Å². The summed E-state index contributed by atoms with van der Waals surface area (Å²) in [6.45, 7) is 2.58. The molecule has 0 spiro atoms. The predicted molar refractivity (Wildman–Crippen MR) is 122 cm³/mol. The van der Waals surface area contributed by atoms with E-state index in [1.54, 1.807) is 31.2 Å². The standard InChI is InChI=1S/C22H23ClN4O3S/c1-2-26-21(30)18(14-19(28)24-13-12-15-6-4-3-5-7-15)27(22(26)31)25-20(29)16-8-10-17(23)11-9-16/h3-11,18H,2,12-14H2,1H3,(H,24,28)(H,25,29). The number of nitrogens with one attached hydrogen (secondary N) is 2. The maximum atomic E-state index is 12.8. The van der Waals surface area contributed by atoms with Crippen molar-refractivity contribution >= 4 is 46.7 Å². The fourth-order valence-electron chi connectivity index (χ4n) is 3.26. The monoisotopic (exact) mass is 458 g/mol. The van der Waals surface area contributed by atoms with Crippen LogP contribution in [0.5, 0.6) is 0 Å². The minimum atomic E-state index is -0.902. The minimum absolute atomic E-state index is 0.120. The Balaban J connectivity index is 1.64. The Hall–Kier alpha value is -2.97. The Bertz CT molecular complexity index is 968. The van der Waals surface area contributed by atoms with Crippen molar-refractivity contribution in [1.29, 1.82) is 0 Å². The number of hydrogen-bond acceptors (Lipinski definition) is 4. The first kappa shape index (κ1) is 22.7. The number of carbonyl (C=O) groups is 3. The van der Waals surface area contributed by atoms with Crippen LogP contribution in [0.2, 0.25) is 5.02 Å². The molecule has 2 aromatic carbocycles. The van der Waals surface area contributed by atoms with Crippen molar-refractivity contribution in [3.05, 3.63) is 70.7 Å². The number of amides is 3. The van der Waals surface area contributed by atoms with Crippen molar-refractivity contribution in [2.24, 2.45) is 0 Å². The van der Waals surface area contributed by atoms with Crippen LogP contribution in [0.4, 0.5) is 0 Å². The molecule has 3 rings (SSSR count). The van der Waals surface area contributed by atoms with Gasteiger partial charge in [0.1, 0.15) is 6.04 Å². The fourth-order valence-corrected chi connectivity index (χ4v) is 3.78. The van der Waals surface area contributed by atoms with Crippen molar-refractivity contribution in [2.75, 3.05) is 13.1 Å². The summed E-state index contributed by atoms with van der Waals surface area (Å²) < 4.78 is 0. The van der Waals surface area contributed by atoms with E-state index in [1.165, 1.54) is 9.91 Å². The molecule has 0 aliphatic carbocycles. The number of halogens is 1. The summed E-state index contributed by atoms with van der Waals surface area (Å²) in [5.74, 6) is -1.05. The fraction of sp³-hybridized carbons (Fsp3) is 0.273. The molecule has 0 bridgehead atoms. The number of thiocarbonyl (C=S) groups is 1. The molecule has 3 amide bonds. The van der Waals surface area contributed by atoms with E-state index in [0.717, 1.165) is 5.56 Å². The zero-order chi connectivity index (χ0) is 22.4. The van der Waals surface area contributed by atoms with Gasteiger partial charge in [0.15, 0.2) is 5.11 Å². The third kappa shape index (κ3) is 5.59. The number of nitrogens with zero attached hydrogens (tertiary/aromatic N) is 2. The average Bonchev–Trinajstić information content (AvgIpc) is 2.98. The largest absolute Gasteiger partial charge is 0.356 e. The number of rotatable bonds is 8. The topological polar surface area (TPSA) is 81.8 Å². The smallest absolute Gasteiger partial charge is 0.269 e. The first-order chi connectivity index (χ1) is 14.9. The van der Waals surface area contributed by atoms with Gasteiger partial charge in [-0.2, -0.15) is 0 Å². The molecule has 1 aliphatic rings. The zero-order valence-corrected chi connectivity index (χ0v) is 18.6. The second kappa shape index (κ2) is 10.4. The molecule has 0 radical (unpaired) electrons. The molecule has 1 saturated heterocycles. The third-order valence-electron chi connectivity index (χ3n) is 4.90. The highest BCUT2D eigenvalue weighted by molar-refractivity contribution is 7.80.